The maximum absolute atomic E-state index is 11.5. The van der Waals surface area contributed by atoms with Gasteiger partial charge in [0, 0.05) is 5.69 Å². The zero-order valence-corrected chi connectivity index (χ0v) is 11.6. The molecule has 2 rings (SSSR count). The SMILES string of the molecule is CC1(C(=O)O)COCC1Nc1cccc(Cl)c1C(N)=O. The van der Waals surface area contributed by atoms with E-state index >= 15 is 0 Å². The van der Waals surface area contributed by atoms with Gasteiger partial charge in [-0.05, 0) is 19.1 Å². The summed E-state index contributed by atoms with van der Waals surface area (Å²) in [4.78, 5) is 22.8. The molecule has 0 saturated carbocycles. The molecule has 1 amide bonds. The van der Waals surface area contributed by atoms with Gasteiger partial charge >= 0.3 is 5.97 Å². The van der Waals surface area contributed by atoms with Crippen LogP contribution in [0.2, 0.25) is 5.02 Å². The van der Waals surface area contributed by atoms with Gasteiger partial charge in [0.2, 0.25) is 0 Å². The highest BCUT2D eigenvalue weighted by Gasteiger charge is 2.46. The first-order valence-corrected chi connectivity index (χ1v) is 6.40. The van der Waals surface area contributed by atoms with Crippen LogP contribution >= 0.6 is 11.6 Å². The molecule has 2 unspecified atom stereocenters. The third kappa shape index (κ3) is 2.44. The number of halogens is 1. The Labute approximate surface area is 120 Å². The number of ether oxygens (including phenoxy) is 1. The van der Waals surface area contributed by atoms with Crippen LogP contribution in [0.4, 0.5) is 5.69 Å². The maximum Gasteiger partial charge on any atom is 0.313 e. The van der Waals surface area contributed by atoms with E-state index in [4.69, 9.17) is 22.1 Å². The van der Waals surface area contributed by atoms with Crippen molar-refractivity contribution in [3.8, 4) is 0 Å². The average Bonchev–Trinajstić information content (AvgIpc) is 2.72. The second-order valence-electron chi connectivity index (χ2n) is 4.96. The van der Waals surface area contributed by atoms with Crippen LogP contribution in [0, 0.1) is 5.41 Å². The number of rotatable bonds is 4. The summed E-state index contributed by atoms with van der Waals surface area (Å²) in [6, 6.07) is 4.36. The summed E-state index contributed by atoms with van der Waals surface area (Å²) in [6.45, 7) is 1.93. The lowest BCUT2D eigenvalue weighted by molar-refractivity contribution is -0.148. The van der Waals surface area contributed by atoms with E-state index in [0.717, 1.165) is 0 Å². The molecule has 0 aromatic heterocycles. The number of carbonyl (C=O) groups excluding carboxylic acids is 1. The molecule has 1 saturated heterocycles. The third-order valence-corrected chi connectivity index (χ3v) is 3.85. The zero-order valence-electron chi connectivity index (χ0n) is 10.9. The predicted octanol–water partition coefficient (Wildman–Crippen LogP) is 1.34. The number of hydrogen-bond acceptors (Lipinski definition) is 4. The summed E-state index contributed by atoms with van der Waals surface area (Å²) in [6.07, 6.45) is 0. The second kappa shape index (κ2) is 5.30. The number of aliphatic carboxylic acids is 1. The molecule has 0 bridgehead atoms. The van der Waals surface area contributed by atoms with E-state index in [-0.39, 0.29) is 23.8 Å². The molecule has 1 aromatic carbocycles. The smallest absolute Gasteiger partial charge is 0.313 e. The fraction of sp³-hybridized carbons (Fsp3) is 0.385. The van der Waals surface area contributed by atoms with Gasteiger partial charge < -0.3 is 20.9 Å². The summed E-state index contributed by atoms with van der Waals surface area (Å²) in [5.74, 6) is -1.64. The Hall–Kier alpha value is -1.79. The molecular formula is C13H15ClN2O4. The number of nitrogens with two attached hydrogens (primary N) is 1. The largest absolute Gasteiger partial charge is 0.481 e. The first-order chi connectivity index (χ1) is 9.36. The lowest BCUT2D eigenvalue weighted by Crippen LogP contribution is -2.43. The Bertz CT molecular complexity index is 563. The molecule has 0 spiro atoms. The van der Waals surface area contributed by atoms with Crippen LogP contribution < -0.4 is 11.1 Å². The Kier molecular flexibility index (Phi) is 3.87. The summed E-state index contributed by atoms with van der Waals surface area (Å²) >= 11 is 5.96. The molecule has 0 radical (unpaired) electrons. The van der Waals surface area contributed by atoms with E-state index in [1.807, 2.05) is 0 Å². The number of hydrogen-bond donors (Lipinski definition) is 3. The molecule has 2 atom stereocenters. The van der Waals surface area contributed by atoms with E-state index in [1.54, 1.807) is 25.1 Å². The van der Waals surface area contributed by atoms with E-state index in [2.05, 4.69) is 5.32 Å². The van der Waals surface area contributed by atoms with Gasteiger partial charge in [-0.3, -0.25) is 9.59 Å². The van der Waals surface area contributed by atoms with Crippen molar-refractivity contribution in [1.82, 2.24) is 0 Å². The summed E-state index contributed by atoms with van der Waals surface area (Å²) in [5, 5.41) is 12.5. The van der Waals surface area contributed by atoms with Crippen LogP contribution in [0.1, 0.15) is 17.3 Å². The van der Waals surface area contributed by atoms with Crippen molar-refractivity contribution in [2.24, 2.45) is 11.1 Å². The lowest BCUT2D eigenvalue weighted by Gasteiger charge is -2.27. The Morgan fingerprint density at radius 1 is 1.55 bits per heavy atom. The van der Waals surface area contributed by atoms with Crippen molar-refractivity contribution in [1.29, 1.82) is 0 Å². The van der Waals surface area contributed by atoms with Gasteiger partial charge in [-0.2, -0.15) is 0 Å². The van der Waals surface area contributed by atoms with Crippen LogP contribution in [-0.2, 0) is 9.53 Å². The molecule has 0 aliphatic carbocycles. The van der Waals surface area contributed by atoms with Crippen molar-refractivity contribution >= 4 is 29.2 Å². The molecule has 20 heavy (non-hydrogen) atoms. The Balaban J connectivity index is 2.33. The normalized spacial score (nSPS) is 25.4. The van der Waals surface area contributed by atoms with Gasteiger partial charge in [0.1, 0.15) is 5.41 Å². The standard InChI is InChI=1S/C13H15ClN2O4/c1-13(12(18)19)6-20-5-9(13)16-8-4-2-3-7(14)10(8)11(15)17/h2-4,9,16H,5-6H2,1H3,(H2,15,17)(H,18,19). The topological polar surface area (TPSA) is 102 Å². The summed E-state index contributed by atoms with van der Waals surface area (Å²) in [5.41, 5.74) is 4.79. The number of anilines is 1. The Morgan fingerprint density at radius 2 is 2.25 bits per heavy atom. The van der Waals surface area contributed by atoms with Gasteiger partial charge in [-0.25, -0.2) is 0 Å². The minimum atomic E-state index is -1.07. The molecule has 108 valence electrons. The number of carbonyl (C=O) groups is 2. The van der Waals surface area contributed by atoms with Crippen molar-refractivity contribution < 1.29 is 19.4 Å². The van der Waals surface area contributed by atoms with E-state index < -0.39 is 23.3 Å². The van der Waals surface area contributed by atoms with Crippen molar-refractivity contribution in [2.45, 2.75) is 13.0 Å². The van der Waals surface area contributed by atoms with E-state index in [0.29, 0.717) is 5.69 Å². The highest BCUT2D eigenvalue weighted by molar-refractivity contribution is 6.34. The molecule has 4 N–H and O–H groups in total. The molecule has 1 aliphatic rings. The Morgan fingerprint density at radius 3 is 2.85 bits per heavy atom. The first-order valence-electron chi connectivity index (χ1n) is 6.02. The van der Waals surface area contributed by atoms with Crippen molar-refractivity contribution in [2.75, 3.05) is 18.5 Å². The fourth-order valence-electron chi connectivity index (χ4n) is 2.17. The number of nitrogens with one attached hydrogen (secondary N) is 1. The van der Waals surface area contributed by atoms with Gasteiger partial charge in [0.05, 0.1) is 29.8 Å². The summed E-state index contributed by atoms with van der Waals surface area (Å²) < 4.78 is 5.24. The molecule has 6 nitrogen and oxygen atoms in total. The molecule has 1 fully saturated rings. The molecular weight excluding hydrogens is 284 g/mol. The second-order valence-corrected chi connectivity index (χ2v) is 5.37. The van der Waals surface area contributed by atoms with Gasteiger partial charge in [-0.1, -0.05) is 17.7 Å². The average molecular weight is 299 g/mol. The molecule has 1 heterocycles. The number of carboxylic acids is 1. The van der Waals surface area contributed by atoms with Crippen LogP contribution in [0.3, 0.4) is 0 Å². The van der Waals surface area contributed by atoms with Crippen LogP contribution in [0.25, 0.3) is 0 Å². The van der Waals surface area contributed by atoms with Gasteiger partial charge in [-0.15, -0.1) is 0 Å². The van der Waals surface area contributed by atoms with Crippen LogP contribution in [-0.4, -0.2) is 36.2 Å². The summed E-state index contributed by atoms with van der Waals surface area (Å²) in [7, 11) is 0. The first kappa shape index (κ1) is 14.6. The molecule has 7 heteroatoms. The third-order valence-electron chi connectivity index (χ3n) is 3.53. The monoisotopic (exact) mass is 298 g/mol. The van der Waals surface area contributed by atoms with Crippen molar-refractivity contribution in [3.05, 3.63) is 28.8 Å². The maximum atomic E-state index is 11.5. The zero-order chi connectivity index (χ0) is 14.9. The highest BCUT2D eigenvalue weighted by Crippen LogP contribution is 2.33. The van der Waals surface area contributed by atoms with Crippen LogP contribution in [0.15, 0.2) is 18.2 Å². The van der Waals surface area contributed by atoms with Crippen LogP contribution in [0.5, 0.6) is 0 Å². The minimum Gasteiger partial charge on any atom is -0.481 e. The minimum absolute atomic E-state index is 0.104. The number of benzene rings is 1. The van der Waals surface area contributed by atoms with Gasteiger partial charge in [0.15, 0.2) is 0 Å². The molecule has 1 aliphatic heterocycles. The van der Waals surface area contributed by atoms with Gasteiger partial charge in [0.25, 0.3) is 5.91 Å². The van der Waals surface area contributed by atoms with Crippen molar-refractivity contribution in [3.63, 3.8) is 0 Å². The molecule has 1 aromatic rings. The van der Waals surface area contributed by atoms with E-state index in [9.17, 15) is 14.7 Å². The number of amides is 1. The number of carboxylic acid groups (broad SMARTS) is 1. The van der Waals surface area contributed by atoms with E-state index in [1.165, 1.54) is 0 Å². The highest BCUT2D eigenvalue weighted by atomic mass is 35.5. The number of primary amides is 1. The quantitative estimate of drug-likeness (QED) is 0.778. The predicted molar refractivity (Wildman–Crippen MR) is 73.9 cm³/mol. The lowest BCUT2D eigenvalue weighted by atomic mass is 9.85. The fourth-order valence-corrected chi connectivity index (χ4v) is 2.44.